The minimum atomic E-state index is 0.00302. The van der Waals surface area contributed by atoms with Crippen molar-refractivity contribution in [3.05, 3.63) is 81.2 Å². The highest BCUT2D eigenvalue weighted by Gasteiger charge is 2.32. The number of fused-ring (bicyclic) bond motifs is 5. The summed E-state index contributed by atoms with van der Waals surface area (Å²) in [7, 11) is 0. The highest BCUT2D eigenvalue weighted by molar-refractivity contribution is 7.18. The molecule has 5 nitrogen and oxygen atoms in total. The summed E-state index contributed by atoms with van der Waals surface area (Å²) in [5, 5.41) is 9.39. The Morgan fingerprint density at radius 3 is 2.62 bits per heavy atom. The van der Waals surface area contributed by atoms with Gasteiger partial charge < -0.3 is 0 Å². The molecule has 0 saturated carbocycles. The van der Waals surface area contributed by atoms with Gasteiger partial charge in [-0.15, -0.1) is 21.5 Å². The molecular weight excluding hydrogens is 440 g/mol. The number of nitrogens with zero attached hydrogens (tertiary/aromatic N) is 4. The van der Waals surface area contributed by atoms with Crippen LogP contribution in [0, 0.1) is 18.3 Å². The molecule has 172 valence electrons. The van der Waals surface area contributed by atoms with Crippen LogP contribution in [0.4, 0.5) is 0 Å². The fourth-order valence-corrected chi connectivity index (χ4v) is 6.62. The number of aryl methyl sites for hydroxylation is 2. The van der Waals surface area contributed by atoms with Gasteiger partial charge in [0.05, 0.1) is 11.1 Å². The molecule has 2 aromatic carbocycles. The van der Waals surface area contributed by atoms with E-state index in [9.17, 15) is 4.79 Å². The zero-order valence-corrected chi connectivity index (χ0v) is 20.8. The van der Waals surface area contributed by atoms with E-state index in [0.717, 1.165) is 46.3 Å². The van der Waals surface area contributed by atoms with Gasteiger partial charge in [0.1, 0.15) is 11.2 Å². The Morgan fingerprint density at radius 2 is 1.85 bits per heavy atom. The fraction of sp³-hybridized carbons (Fsp3) is 0.321. The van der Waals surface area contributed by atoms with E-state index in [-0.39, 0.29) is 11.0 Å². The van der Waals surface area contributed by atoms with Crippen LogP contribution in [0.5, 0.6) is 0 Å². The van der Waals surface area contributed by atoms with Crippen LogP contribution >= 0.6 is 11.3 Å². The van der Waals surface area contributed by atoms with Crippen molar-refractivity contribution in [3.63, 3.8) is 0 Å². The van der Waals surface area contributed by atoms with Crippen LogP contribution in [0.15, 0.2) is 59.7 Å². The van der Waals surface area contributed by atoms with Crippen LogP contribution < -0.4 is 5.56 Å². The van der Waals surface area contributed by atoms with Gasteiger partial charge in [0, 0.05) is 4.88 Å². The minimum absolute atomic E-state index is 0.00302. The monoisotopic (exact) mass is 468 g/mol. The van der Waals surface area contributed by atoms with Gasteiger partial charge in [-0.2, -0.15) is 0 Å². The predicted octanol–water partition coefficient (Wildman–Crippen LogP) is 6.22. The summed E-state index contributed by atoms with van der Waals surface area (Å²) in [5.41, 5.74) is 5.72. The summed E-state index contributed by atoms with van der Waals surface area (Å²) in [6.07, 6.45) is 4.83. The van der Waals surface area contributed by atoms with Crippen LogP contribution in [0.1, 0.15) is 43.2 Å². The number of hydrogen-bond donors (Lipinski definition) is 0. The predicted molar refractivity (Wildman–Crippen MR) is 139 cm³/mol. The lowest BCUT2D eigenvalue weighted by Gasteiger charge is -2.33. The van der Waals surface area contributed by atoms with Crippen molar-refractivity contribution < 1.29 is 0 Å². The molecule has 6 rings (SSSR count). The number of hydrogen-bond acceptors (Lipinski definition) is 4. The molecule has 3 heterocycles. The molecule has 0 aliphatic heterocycles. The second kappa shape index (κ2) is 7.64. The van der Waals surface area contributed by atoms with Crippen LogP contribution in [-0.2, 0) is 12.8 Å². The first-order chi connectivity index (χ1) is 16.3. The lowest BCUT2D eigenvalue weighted by atomic mass is 9.72. The second-order valence-corrected chi connectivity index (χ2v) is 11.6. The average molecular weight is 469 g/mol. The third-order valence-electron chi connectivity index (χ3n) is 7.33. The van der Waals surface area contributed by atoms with E-state index in [4.69, 9.17) is 0 Å². The lowest BCUT2D eigenvalue weighted by molar-refractivity contribution is 0.218. The van der Waals surface area contributed by atoms with Crippen LogP contribution in [0.2, 0.25) is 0 Å². The van der Waals surface area contributed by atoms with Gasteiger partial charge in [-0.1, -0.05) is 62.7 Å². The van der Waals surface area contributed by atoms with Gasteiger partial charge in [0.25, 0.3) is 5.56 Å². The van der Waals surface area contributed by atoms with E-state index in [1.54, 1.807) is 22.2 Å². The van der Waals surface area contributed by atoms with Crippen molar-refractivity contribution in [1.82, 2.24) is 19.2 Å². The molecule has 6 heteroatoms. The smallest absolute Gasteiger partial charge is 0.268 e. The first kappa shape index (κ1) is 21.3. The molecule has 0 bridgehead atoms. The van der Waals surface area contributed by atoms with Gasteiger partial charge in [-0.3, -0.25) is 9.20 Å². The van der Waals surface area contributed by atoms with Crippen LogP contribution in [0.25, 0.3) is 32.8 Å². The number of thiophene rings is 1. The third-order valence-corrected chi connectivity index (χ3v) is 8.58. The van der Waals surface area contributed by atoms with E-state index in [1.165, 1.54) is 16.0 Å². The van der Waals surface area contributed by atoms with Gasteiger partial charge in [0.15, 0.2) is 0 Å². The zero-order valence-electron chi connectivity index (χ0n) is 20.0. The highest BCUT2D eigenvalue weighted by Crippen LogP contribution is 2.42. The van der Waals surface area contributed by atoms with E-state index < -0.39 is 0 Å². The molecule has 1 unspecified atom stereocenters. The Balaban J connectivity index is 1.56. The van der Waals surface area contributed by atoms with Crippen molar-refractivity contribution in [3.8, 4) is 16.8 Å². The summed E-state index contributed by atoms with van der Waals surface area (Å²) < 4.78 is 3.72. The molecule has 0 fully saturated rings. The maximum Gasteiger partial charge on any atom is 0.268 e. The molecule has 5 aromatic rings. The zero-order chi connectivity index (χ0) is 23.6. The topological polar surface area (TPSA) is 52.2 Å². The molecule has 0 amide bonds. The Kier molecular flexibility index (Phi) is 4.78. The van der Waals surface area contributed by atoms with Crippen LogP contribution in [0.3, 0.4) is 0 Å². The van der Waals surface area contributed by atoms with Gasteiger partial charge >= 0.3 is 0 Å². The quantitative estimate of drug-likeness (QED) is 0.309. The number of aromatic nitrogens is 4. The molecule has 0 saturated heterocycles. The van der Waals surface area contributed by atoms with E-state index in [0.29, 0.717) is 11.7 Å². The van der Waals surface area contributed by atoms with E-state index >= 15 is 0 Å². The van der Waals surface area contributed by atoms with Crippen molar-refractivity contribution in [1.29, 1.82) is 0 Å². The molecule has 0 spiro atoms. The van der Waals surface area contributed by atoms with Crippen LogP contribution in [-0.4, -0.2) is 19.2 Å². The largest absolute Gasteiger partial charge is 0.268 e. The lowest BCUT2D eigenvalue weighted by Crippen LogP contribution is -2.27. The average Bonchev–Trinajstić information content (AvgIpc) is 3.44. The highest BCUT2D eigenvalue weighted by atomic mass is 32.1. The second-order valence-electron chi connectivity index (χ2n) is 10.5. The fourth-order valence-electron chi connectivity index (χ4n) is 5.23. The van der Waals surface area contributed by atoms with Crippen molar-refractivity contribution in [2.24, 2.45) is 11.3 Å². The molecule has 1 aliphatic carbocycles. The van der Waals surface area contributed by atoms with E-state index in [1.807, 2.05) is 16.5 Å². The standard InChI is InChI=1S/C28H28N4OS/c1-17-8-10-18(11-9-17)19-6-5-7-21(14-19)32-25(33)24-22-13-12-20(28(2,3)4)15-23(22)34-26(24)31-16-29-30-27(31)32/h5-11,14,16,20H,12-13,15H2,1-4H3. The summed E-state index contributed by atoms with van der Waals surface area (Å²) in [5.74, 6) is 1.18. The molecule has 1 atom stereocenters. The van der Waals surface area contributed by atoms with Crippen molar-refractivity contribution >= 4 is 27.3 Å². The Bertz CT molecular complexity index is 1600. The summed E-state index contributed by atoms with van der Waals surface area (Å²) in [6, 6.07) is 16.6. The number of rotatable bonds is 2. The van der Waals surface area contributed by atoms with Gasteiger partial charge in [0.2, 0.25) is 5.78 Å². The maximum absolute atomic E-state index is 14.0. The Hall–Kier alpha value is -3.25. The maximum atomic E-state index is 14.0. The van der Waals surface area contributed by atoms with Crippen molar-refractivity contribution in [2.45, 2.75) is 47.0 Å². The first-order valence-electron chi connectivity index (χ1n) is 11.9. The third kappa shape index (κ3) is 3.31. The summed E-state index contributed by atoms with van der Waals surface area (Å²) >= 11 is 1.74. The first-order valence-corrected chi connectivity index (χ1v) is 12.7. The molecular formula is C28H28N4OS. The number of benzene rings is 2. The Labute approximate surface area is 202 Å². The SMILES string of the molecule is Cc1ccc(-c2cccc(-n3c(=O)c4c5c(sc4n4cnnc34)CC(C(C)(C)C)CC5)c2)cc1. The minimum Gasteiger partial charge on any atom is -0.268 e. The molecule has 0 radical (unpaired) electrons. The van der Waals surface area contributed by atoms with Gasteiger partial charge in [-0.25, -0.2) is 4.57 Å². The molecule has 3 aromatic heterocycles. The molecule has 34 heavy (non-hydrogen) atoms. The Morgan fingerprint density at radius 1 is 1.06 bits per heavy atom. The normalized spacial score (nSPS) is 16.3. The van der Waals surface area contributed by atoms with E-state index in [2.05, 4.69) is 74.3 Å². The summed E-state index contributed by atoms with van der Waals surface area (Å²) in [6.45, 7) is 9.05. The molecule has 0 N–H and O–H groups in total. The van der Waals surface area contributed by atoms with Crippen molar-refractivity contribution in [2.75, 3.05) is 0 Å². The van der Waals surface area contributed by atoms with Gasteiger partial charge in [-0.05, 0) is 66.3 Å². The summed E-state index contributed by atoms with van der Waals surface area (Å²) in [4.78, 5) is 16.3. The molecule has 1 aliphatic rings.